The fourth-order valence-corrected chi connectivity index (χ4v) is 4.07. The Morgan fingerprint density at radius 1 is 1.12 bits per heavy atom. The average molecular weight is 348 g/mol. The number of nitrogens with zero attached hydrogens (tertiary/aromatic N) is 5. The maximum absolute atomic E-state index is 12.5. The van der Waals surface area contributed by atoms with E-state index >= 15 is 0 Å². The van der Waals surface area contributed by atoms with E-state index in [9.17, 15) is 4.79 Å². The van der Waals surface area contributed by atoms with Crippen LogP contribution in [0.2, 0.25) is 0 Å². The van der Waals surface area contributed by atoms with Crippen molar-refractivity contribution in [3.63, 3.8) is 0 Å². The van der Waals surface area contributed by atoms with Gasteiger partial charge in [0.2, 0.25) is 5.89 Å². The molecule has 3 aliphatic rings. The predicted octanol–water partition coefficient (Wildman–Crippen LogP) is 1.04. The summed E-state index contributed by atoms with van der Waals surface area (Å²) in [4.78, 5) is 23.4. The molecular formula is C17H28N6O2. The third-order valence-electron chi connectivity index (χ3n) is 5.76. The van der Waals surface area contributed by atoms with Crippen LogP contribution in [0.1, 0.15) is 49.4 Å². The Hall–Kier alpha value is -1.67. The second-order valence-corrected chi connectivity index (χ2v) is 7.43. The Balaban J connectivity index is 1.34. The van der Waals surface area contributed by atoms with Crippen molar-refractivity contribution in [2.45, 2.75) is 37.6 Å². The van der Waals surface area contributed by atoms with E-state index < -0.39 is 0 Å². The molecule has 0 aromatic carbocycles. The van der Waals surface area contributed by atoms with Crippen LogP contribution in [-0.4, -0.2) is 83.7 Å². The fourth-order valence-electron chi connectivity index (χ4n) is 4.07. The summed E-state index contributed by atoms with van der Waals surface area (Å²) in [5.74, 6) is 1.79. The zero-order valence-electron chi connectivity index (χ0n) is 15.0. The molecule has 1 unspecified atom stereocenters. The van der Waals surface area contributed by atoms with Crippen LogP contribution < -0.4 is 5.32 Å². The van der Waals surface area contributed by atoms with E-state index in [-0.39, 0.29) is 18.0 Å². The summed E-state index contributed by atoms with van der Waals surface area (Å²) in [5, 5.41) is 7.61. The minimum Gasteiger partial charge on any atom is -0.339 e. The van der Waals surface area contributed by atoms with Crippen LogP contribution in [0.15, 0.2) is 4.52 Å². The Kier molecular flexibility index (Phi) is 4.89. The van der Waals surface area contributed by atoms with Gasteiger partial charge in [0.15, 0.2) is 5.82 Å². The molecular weight excluding hydrogens is 320 g/mol. The molecule has 3 fully saturated rings. The minimum absolute atomic E-state index is 0.183. The number of nitrogens with one attached hydrogen (secondary N) is 1. The molecule has 0 saturated carbocycles. The quantitative estimate of drug-likeness (QED) is 0.860. The van der Waals surface area contributed by atoms with Gasteiger partial charge >= 0.3 is 6.03 Å². The van der Waals surface area contributed by atoms with Crippen molar-refractivity contribution in [3.05, 3.63) is 11.7 Å². The number of aromatic nitrogens is 2. The minimum atomic E-state index is 0.183. The first-order valence-corrected chi connectivity index (χ1v) is 9.50. The van der Waals surface area contributed by atoms with E-state index in [1.807, 2.05) is 9.80 Å². The molecule has 1 N–H and O–H groups in total. The number of hydrogen-bond donors (Lipinski definition) is 1. The molecule has 0 radical (unpaired) electrons. The largest absolute Gasteiger partial charge is 0.339 e. The number of hydrogen-bond acceptors (Lipinski definition) is 6. The summed E-state index contributed by atoms with van der Waals surface area (Å²) in [6, 6.07) is 0.389. The van der Waals surface area contributed by atoms with E-state index in [2.05, 4.69) is 27.4 Å². The number of piperazine rings is 1. The summed E-state index contributed by atoms with van der Waals surface area (Å²) >= 11 is 0. The lowest BCUT2D eigenvalue weighted by molar-refractivity contribution is 0.144. The Morgan fingerprint density at radius 2 is 1.84 bits per heavy atom. The summed E-state index contributed by atoms with van der Waals surface area (Å²) in [7, 11) is 2.10. The van der Waals surface area contributed by atoms with Crippen LogP contribution in [-0.2, 0) is 0 Å². The molecule has 4 rings (SSSR count). The van der Waals surface area contributed by atoms with Crippen LogP contribution >= 0.6 is 0 Å². The monoisotopic (exact) mass is 348 g/mol. The maximum atomic E-state index is 12.5. The molecule has 4 heterocycles. The Morgan fingerprint density at radius 3 is 2.56 bits per heavy atom. The summed E-state index contributed by atoms with van der Waals surface area (Å²) in [6.45, 7) is 6.24. The number of likely N-dealkylation sites (tertiary alicyclic amines) is 2. The highest BCUT2D eigenvalue weighted by atomic mass is 16.5. The summed E-state index contributed by atoms with van der Waals surface area (Å²) < 4.78 is 5.57. The lowest BCUT2D eigenvalue weighted by atomic mass is 9.97. The molecule has 138 valence electrons. The van der Waals surface area contributed by atoms with Crippen molar-refractivity contribution in [2.75, 3.05) is 52.9 Å². The summed E-state index contributed by atoms with van der Waals surface area (Å²) in [6.07, 6.45) is 4.08. The van der Waals surface area contributed by atoms with E-state index in [4.69, 9.17) is 4.52 Å². The molecule has 1 aromatic rings. The van der Waals surface area contributed by atoms with Gasteiger partial charge in [0.25, 0.3) is 0 Å². The Bertz CT molecular complexity index is 592. The smallest absolute Gasteiger partial charge is 0.319 e. The van der Waals surface area contributed by atoms with Crippen molar-refractivity contribution in [1.29, 1.82) is 0 Å². The first-order valence-electron chi connectivity index (χ1n) is 9.50. The zero-order valence-corrected chi connectivity index (χ0v) is 15.0. The van der Waals surface area contributed by atoms with Crippen LogP contribution in [0.3, 0.4) is 0 Å². The van der Waals surface area contributed by atoms with Gasteiger partial charge in [-0.15, -0.1) is 0 Å². The number of likely N-dealkylation sites (N-methyl/N-ethyl adjacent to an activating group) is 1. The predicted molar refractivity (Wildman–Crippen MR) is 92.3 cm³/mol. The highest BCUT2D eigenvalue weighted by Crippen LogP contribution is 2.29. The topological polar surface area (TPSA) is 77.7 Å². The Labute approximate surface area is 148 Å². The van der Waals surface area contributed by atoms with Crippen LogP contribution in [0, 0.1) is 0 Å². The molecule has 1 atom stereocenters. The van der Waals surface area contributed by atoms with Crippen molar-refractivity contribution < 1.29 is 9.32 Å². The van der Waals surface area contributed by atoms with Gasteiger partial charge in [0.05, 0.1) is 6.04 Å². The zero-order chi connectivity index (χ0) is 17.2. The van der Waals surface area contributed by atoms with Crippen LogP contribution in [0.4, 0.5) is 4.79 Å². The second kappa shape index (κ2) is 7.29. The maximum Gasteiger partial charge on any atom is 0.319 e. The molecule has 25 heavy (non-hydrogen) atoms. The number of urea groups is 1. The van der Waals surface area contributed by atoms with Crippen molar-refractivity contribution in [1.82, 2.24) is 30.2 Å². The van der Waals surface area contributed by atoms with Gasteiger partial charge in [0.1, 0.15) is 0 Å². The van der Waals surface area contributed by atoms with E-state index in [1.165, 1.54) is 0 Å². The lowest BCUT2D eigenvalue weighted by Crippen LogP contribution is -2.45. The molecule has 1 aromatic heterocycles. The van der Waals surface area contributed by atoms with Gasteiger partial charge in [-0.2, -0.15) is 4.98 Å². The van der Waals surface area contributed by atoms with Crippen molar-refractivity contribution >= 4 is 6.03 Å². The molecule has 0 aliphatic carbocycles. The number of piperidine rings is 1. The van der Waals surface area contributed by atoms with Crippen LogP contribution in [0.5, 0.6) is 0 Å². The first kappa shape index (κ1) is 16.8. The fraction of sp³-hybridized carbons (Fsp3) is 0.824. The van der Waals surface area contributed by atoms with E-state index in [1.54, 1.807) is 0 Å². The summed E-state index contributed by atoms with van der Waals surface area (Å²) in [5.41, 5.74) is 0. The highest BCUT2D eigenvalue weighted by molar-refractivity contribution is 5.74. The van der Waals surface area contributed by atoms with Crippen LogP contribution in [0.25, 0.3) is 0 Å². The van der Waals surface area contributed by atoms with Gasteiger partial charge < -0.3 is 19.6 Å². The SMILES string of the molecule is CN1CCNCC1c1noc(C2CCN(C(=O)N3CCCC3)CC2)n1. The van der Waals surface area contributed by atoms with Gasteiger partial charge in [-0.25, -0.2) is 4.79 Å². The third kappa shape index (κ3) is 3.50. The molecule has 3 aliphatic heterocycles. The second-order valence-electron chi connectivity index (χ2n) is 7.43. The van der Waals surface area contributed by atoms with Crippen molar-refractivity contribution in [3.8, 4) is 0 Å². The third-order valence-corrected chi connectivity index (χ3v) is 5.76. The number of carbonyl (C=O) groups is 1. The van der Waals surface area contributed by atoms with Gasteiger partial charge in [0, 0.05) is 51.7 Å². The normalized spacial score (nSPS) is 26.4. The van der Waals surface area contributed by atoms with Crippen molar-refractivity contribution in [2.24, 2.45) is 0 Å². The first-order chi connectivity index (χ1) is 12.2. The molecule has 8 nitrogen and oxygen atoms in total. The van der Waals surface area contributed by atoms with E-state index in [0.29, 0.717) is 0 Å². The van der Waals surface area contributed by atoms with Gasteiger partial charge in [-0.3, -0.25) is 4.90 Å². The molecule has 0 bridgehead atoms. The molecule has 0 spiro atoms. The van der Waals surface area contributed by atoms with E-state index in [0.717, 1.165) is 83.2 Å². The number of carbonyl (C=O) groups excluding carboxylic acids is 1. The standard InChI is InChI=1S/C17H28N6O2/c1-21-11-6-18-12-14(21)15-19-16(25-20-15)13-4-9-23(10-5-13)17(24)22-7-2-3-8-22/h13-14,18H,2-12H2,1H3. The van der Waals surface area contributed by atoms with Gasteiger partial charge in [-0.1, -0.05) is 5.16 Å². The van der Waals surface area contributed by atoms with Gasteiger partial charge in [-0.05, 0) is 32.7 Å². The highest BCUT2D eigenvalue weighted by Gasteiger charge is 2.32. The molecule has 2 amide bonds. The molecule has 3 saturated heterocycles. The number of rotatable bonds is 2. The molecule has 8 heteroatoms. The lowest BCUT2D eigenvalue weighted by Gasteiger charge is -2.33. The average Bonchev–Trinajstić information content (AvgIpc) is 3.34. The number of amides is 2.